The molecule has 0 heterocycles. The Morgan fingerprint density at radius 1 is 0.895 bits per heavy atom. The van der Waals surface area contributed by atoms with E-state index in [0.29, 0.717) is 0 Å². The van der Waals surface area contributed by atoms with Crippen LogP contribution < -0.4 is 0 Å². The number of hydrogen-bond donors (Lipinski definition) is 6. The molecule has 0 saturated carbocycles. The molecule has 6 nitrogen and oxygen atoms in total. The SMILES string of the molecule is C=CC.CCCCC.OP(O)(O)=S.OP(O)(O)=S.[Zn]. The minimum atomic E-state index is -3.81. The third kappa shape index (κ3) is 503. The molecule has 0 aliphatic heterocycles. The molecule has 0 aromatic rings. The van der Waals surface area contributed by atoms with Crippen molar-refractivity contribution in [3.63, 3.8) is 0 Å². The van der Waals surface area contributed by atoms with Gasteiger partial charge in [-0.2, -0.15) is 0 Å². The summed E-state index contributed by atoms with van der Waals surface area (Å²) in [6.45, 7) is 2.06. The van der Waals surface area contributed by atoms with Gasteiger partial charge in [0.25, 0.3) is 0 Å². The summed E-state index contributed by atoms with van der Waals surface area (Å²) in [5.41, 5.74) is 0. The van der Waals surface area contributed by atoms with Crippen LogP contribution in [0.5, 0.6) is 0 Å². The monoisotopic (exact) mass is 406 g/mol. The van der Waals surface area contributed by atoms with Crippen LogP contribution in [0.4, 0.5) is 0 Å². The van der Waals surface area contributed by atoms with E-state index in [1.807, 2.05) is 6.92 Å². The van der Waals surface area contributed by atoms with Crippen molar-refractivity contribution in [1.29, 1.82) is 0 Å². The summed E-state index contributed by atoms with van der Waals surface area (Å²) in [5.74, 6) is 0. The largest absolute Gasteiger partial charge is 0.325 e. The summed E-state index contributed by atoms with van der Waals surface area (Å²) in [6, 6.07) is 0. The zero-order valence-electron chi connectivity index (χ0n) is 11.5. The van der Waals surface area contributed by atoms with Gasteiger partial charge in [-0.25, -0.2) is 0 Å². The van der Waals surface area contributed by atoms with E-state index in [-0.39, 0.29) is 19.5 Å². The Morgan fingerprint density at radius 3 is 1.00 bits per heavy atom. The Kier molecular flexibility index (Phi) is 37.0. The van der Waals surface area contributed by atoms with Crippen molar-refractivity contribution in [3.8, 4) is 0 Å². The molecule has 0 unspecified atom stereocenters. The summed E-state index contributed by atoms with van der Waals surface area (Å²) in [6.07, 6.45) is 5.83. The van der Waals surface area contributed by atoms with E-state index in [2.05, 4.69) is 44.0 Å². The normalized spacial score (nSPS) is 9.11. The van der Waals surface area contributed by atoms with Crippen LogP contribution >= 0.6 is 13.4 Å². The van der Waals surface area contributed by atoms with E-state index >= 15 is 0 Å². The van der Waals surface area contributed by atoms with Crippen LogP contribution in [0.1, 0.15) is 40.0 Å². The topological polar surface area (TPSA) is 121 Å². The van der Waals surface area contributed by atoms with Crippen LogP contribution in [-0.2, 0) is 43.1 Å². The molecule has 0 aromatic heterocycles. The molecule has 0 saturated heterocycles. The first-order chi connectivity index (χ1) is 7.83. The van der Waals surface area contributed by atoms with E-state index in [4.69, 9.17) is 29.4 Å². The zero-order chi connectivity index (χ0) is 15.8. The second-order valence-corrected chi connectivity index (χ2v) is 7.78. The summed E-state index contributed by atoms with van der Waals surface area (Å²) in [7, 11) is 0. The Morgan fingerprint density at radius 2 is 1.00 bits per heavy atom. The van der Waals surface area contributed by atoms with Crippen LogP contribution in [0.3, 0.4) is 0 Å². The molecular weight excluding hydrogens is 384 g/mol. The Balaban J connectivity index is -0.0000000458. The molecule has 0 fully saturated rings. The predicted molar refractivity (Wildman–Crippen MR) is 83.0 cm³/mol. The van der Waals surface area contributed by atoms with Gasteiger partial charge in [0.15, 0.2) is 0 Å². The van der Waals surface area contributed by atoms with E-state index < -0.39 is 13.4 Å². The Labute approximate surface area is 138 Å². The van der Waals surface area contributed by atoms with Crippen LogP contribution in [0, 0.1) is 0 Å². The first-order valence-electron chi connectivity index (χ1n) is 4.96. The summed E-state index contributed by atoms with van der Waals surface area (Å²) >= 11 is 7.21. The third-order valence-corrected chi connectivity index (χ3v) is 0.707. The minimum Gasteiger partial charge on any atom is -0.325 e. The zero-order valence-corrected chi connectivity index (χ0v) is 17.9. The summed E-state index contributed by atoms with van der Waals surface area (Å²) < 4.78 is 0. The van der Waals surface area contributed by atoms with Crippen molar-refractivity contribution >= 4 is 37.1 Å². The molecule has 0 amide bonds. The third-order valence-electron chi connectivity index (χ3n) is 0.707. The van der Waals surface area contributed by atoms with Gasteiger partial charge >= 0.3 is 13.4 Å². The molecular formula is C8H24O6P2S2Zn. The van der Waals surface area contributed by atoms with Gasteiger partial charge in [-0.15, -0.1) is 6.58 Å². The van der Waals surface area contributed by atoms with Crippen molar-refractivity contribution in [2.24, 2.45) is 0 Å². The average Bonchev–Trinajstić information content (AvgIpc) is 2.00. The first kappa shape index (κ1) is 32.4. The van der Waals surface area contributed by atoms with Crippen molar-refractivity contribution in [3.05, 3.63) is 12.7 Å². The van der Waals surface area contributed by atoms with Crippen molar-refractivity contribution in [2.45, 2.75) is 40.0 Å². The minimum absolute atomic E-state index is 0. The Hall–Kier alpha value is 1.42. The molecule has 0 aliphatic carbocycles. The van der Waals surface area contributed by atoms with E-state index in [1.165, 1.54) is 19.3 Å². The second kappa shape index (κ2) is 21.7. The average molecular weight is 408 g/mol. The maximum absolute atomic E-state index is 7.56. The molecule has 0 aliphatic rings. The van der Waals surface area contributed by atoms with E-state index in [0.717, 1.165) is 0 Å². The number of hydrogen-bond acceptors (Lipinski definition) is 2. The number of allylic oxidation sites excluding steroid dienone is 1. The van der Waals surface area contributed by atoms with Crippen LogP contribution in [0.25, 0.3) is 0 Å². The van der Waals surface area contributed by atoms with Crippen LogP contribution in [0.2, 0.25) is 0 Å². The van der Waals surface area contributed by atoms with Crippen LogP contribution in [0.15, 0.2) is 12.7 Å². The first-order valence-corrected chi connectivity index (χ1v) is 10.3. The molecule has 0 atom stereocenters. The fraction of sp³-hybridized carbons (Fsp3) is 0.750. The summed E-state index contributed by atoms with van der Waals surface area (Å²) in [4.78, 5) is 45.3. The standard InChI is InChI=1S/C5H12.C3H6.2H3O3PS.Zn/c1-3-5-4-2;1-3-2;2*1-4(2,3)5;/h3-5H2,1-2H3;3H,1H2,2H3;2*(H3,1,2,3,5);. The quantitative estimate of drug-likeness (QED) is 0.233. The van der Waals surface area contributed by atoms with Crippen molar-refractivity contribution in [2.75, 3.05) is 0 Å². The fourth-order valence-electron chi connectivity index (χ4n) is 0.354. The predicted octanol–water partition coefficient (Wildman–Crippen LogP) is 1.76. The van der Waals surface area contributed by atoms with Gasteiger partial charge in [0.1, 0.15) is 0 Å². The van der Waals surface area contributed by atoms with Gasteiger partial charge in [0.05, 0.1) is 0 Å². The molecule has 0 aromatic carbocycles. The van der Waals surface area contributed by atoms with Crippen molar-refractivity contribution in [1.82, 2.24) is 0 Å². The maximum Gasteiger partial charge on any atom is 0.319 e. The number of unbranched alkanes of at least 4 members (excludes halogenated alkanes) is 2. The second-order valence-electron chi connectivity index (χ2n) is 2.79. The molecule has 116 valence electrons. The smallest absolute Gasteiger partial charge is 0.319 e. The molecule has 0 spiro atoms. The molecule has 6 N–H and O–H groups in total. The van der Waals surface area contributed by atoms with Crippen molar-refractivity contribution < 1.29 is 48.8 Å². The number of rotatable bonds is 2. The van der Waals surface area contributed by atoms with Crippen LogP contribution in [-0.4, -0.2) is 29.4 Å². The maximum atomic E-state index is 7.56. The van der Waals surface area contributed by atoms with Gasteiger partial charge in [-0.05, 0) is 30.5 Å². The van der Waals surface area contributed by atoms with Gasteiger partial charge in [0, 0.05) is 19.5 Å². The molecule has 11 heteroatoms. The molecule has 0 bridgehead atoms. The Bertz CT molecular complexity index is 217. The summed E-state index contributed by atoms with van der Waals surface area (Å²) in [5, 5.41) is 0. The van der Waals surface area contributed by atoms with Gasteiger partial charge < -0.3 is 29.4 Å². The molecule has 0 rings (SSSR count). The van der Waals surface area contributed by atoms with Gasteiger partial charge in [-0.1, -0.05) is 39.2 Å². The molecule has 0 radical (unpaired) electrons. The fourth-order valence-corrected chi connectivity index (χ4v) is 0.354. The van der Waals surface area contributed by atoms with Gasteiger partial charge in [0.2, 0.25) is 0 Å². The molecule has 19 heavy (non-hydrogen) atoms. The van der Waals surface area contributed by atoms with E-state index in [9.17, 15) is 0 Å². The van der Waals surface area contributed by atoms with Gasteiger partial charge in [-0.3, -0.25) is 0 Å². The van der Waals surface area contributed by atoms with E-state index in [1.54, 1.807) is 6.08 Å².